The average molecular weight is 191 g/mol. The van der Waals surface area contributed by atoms with Gasteiger partial charge in [-0.1, -0.05) is 19.9 Å². The van der Waals surface area contributed by atoms with Crippen LogP contribution in [0.4, 0.5) is 5.69 Å². The second-order valence-electron chi connectivity index (χ2n) is 4.83. The molecule has 1 aliphatic rings. The quantitative estimate of drug-likeness (QED) is 0.661. The Bertz CT molecular complexity index is 357. The molecule has 1 unspecified atom stereocenters. The summed E-state index contributed by atoms with van der Waals surface area (Å²) in [5, 5.41) is 13.2. The number of phenols is 1. The fraction of sp³-hybridized carbons (Fsp3) is 0.500. The van der Waals surface area contributed by atoms with Crippen molar-refractivity contribution in [3.8, 4) is 5.75 Å². The van der Waals surface area contributed by atoms with Crippen LogP contribution in [-0.2, 0) is 5.41 Å². The lowest BCUT2D eigenvalue weighted by atomic mass is 9.75. The topological polar surface area (TPSA) is 32.3 Å². The zero-order valence-corrected chi connectivity index (χ0v) is 8.96. The molecule has 1 heterocycles. The van der Waals surface area contributed by atoms with Crippen molar-refractivity contribution >= 4 is 5.69 Å². The number of fused-ring (bicyclic) bond motifs is 1. The van der Waals surface area contributed by atoms with Gasteiger partial charge in [0.15, 0.2) is 0 Å². The molecule has 0 amide bonds. The number of anilines is 1. The molecule has 76 valence electrons. The summed E-state index contributed by atoms with van der Waals surface area (Å²) >= 11 is 0. The maximum Gasteiger partial charge on any atom is 0.121 e. The third kappa shape index (κ3) is 1.35. The van der Waals surface area contributed by atoms with E-state index in [2.05, 4.69) is 26.1 Å². The third-order valence-corrected chi connectivity index (χ3v) is 2.94. The van der Waals surface area contributed by atoms with Crippen LogP contribution in [0.2, 0.25) is 0 Å². The summed E-state index contributed by atoms with van der Waals surface area (Å²) in [5.41, 5.74) is 2.19. The number of rotatable bonds is 0. The summed E-state index contributed by atoms with van der Waals surface area (Å²) in [7, 11) is 0. The van der Waals surface area contributed by atoms with Crippen LogP contribution in [0.1, 0.15) is 32.8 Å². The van der Waals surface area contributed by atoms with E-state index in [1.807, 2.05) is 12.1 Å². The van der Waals surface area contributed by atoms with E-state index in [0.29, 0.717) is 11.8 Å². The lowest BCUT2D eigenvalue weighted by Crippen LogP contribution is -2.34. The lowest BCUT2D eigenvalue weighted by Gasteiger charge is -2.37. The van der Waals surface area contributed by atoms with Crippen LogP contribution in [0.5, 0.6) is 5.75 Å². The SMILES string of the molecule is CC1CC(C)(C)c2c(O)cccc2N1. The maximum atomic E-state index is 9.84. The van der Waals surface area contributed by atoms with Crippen LogP contribution >= 0.6 is 0 Å². The molecule has 2 nitrogen and oxygen atoms in total. The van der Waals surface area contributed by atoms with Gasteiger partial charge in [0, 0.05) is 17.3 Å². The van der Waals surface area contributed by atoms with Gasteiger partial charge < -0.3 is 10.4 Å². The molecule has 0 spiro atoms. The van der Waals surface area contributed by atoms with Crippen LogP contribution < -0.4 is 5.32 Å². The van der Waals surface area contributed by atoms with E-state index in [0.717, 1.165) is 17.7 Å². The van der Waals surface area contributed by atoms with Gasteiger partial charge in [0.2, 0.25) is 0 Å². The normalized spacial score (nSPS) is 23.8. The standard InChI is InChI=1S/C12H17NO/c1-8-7-12(2,3)11-9(13-8)5-4-6-10(11)14/h4-6,8,13-14H,7H2,1-3H3. The van der Waals surface area contributed by atoms with Gasteiger partial charge in [0.05, 0.1) is 0 Å². The Hall–Kier alpha value is -1.18. The molecule has 14 heavy (non-hydrogen) atoms. The highest BCUT2D eigenvalue weighted by Crippen LogP contribution is 2.43. The van der Waals surface area contributed by atoms with E-state index in [4.69, 9.17) is 0 Å². The van der Waals surface area contributed by atoms with Crippen molar-refractivity contribution in [1.82, 2.24) is 0 Å². The molecule has 0 radical (unpaired) electrons. The molecule has 0 fully saturated rings. The van der Waals surface area contributed by atoms with Gasteiger partial charge in [-0.25, -0.2) is 0 Å². The van der Waals surface area contributed by atoms with E-state index in [-0.39, 0.29) is 5.41 Å². The highest BCUT2D eigenvalue weighted by Gasteiger charge is 2.32. The molecular weight excluding hydrogens is 174 g/mol. The Morgan fingerprint density at radius 2 is 2.14 bits per heavy atom. The first kappa shape index (κ1) is 9.38. The molecular formula is C12H17NO. The van der Waals surface area contributed by atoms with E-state index >= 15 is 0 Å². The Labute approximate surface area is 85.0 Å². The van der Waals surface area contributed by atoms with Gasteiger partial charge in [-0.15, -0.1) is 0 Å². The average Bonchev–Trinajstić information content (AvgIpc) is 2.00. The molecule has 2 rings (SSSR count). The summed E-state index contributed by atoms with van der Waals surface area (Å²) in [6, 6.07) is 6.15. The number of benzene rings is 1. The van der Waals surface area contributed by atoms with E-state index in [1.54, 1.807) is 6.07 Å². The molecule has 1 aliphatic heterocycles. The second kappa shape index (κ2) is 2.91. The Balaban J connectivity index is 2.58. The fourth-order valence-electron chi connectivity index (χ4n) is 2.56. The summed E-state index contributed by atoms with van der Waals surface area (Å²) in [6.07, 6.45) is 1.05. The molecule has 1 aromatic rings. The molecule has 0 aliphatic carbocycles. The van der Waals surface area contributed by atoms with Crippen LogP contribution in [0.15, 0.2) is 18.2 Å². The van der Waals surface area contributed by atoms with Crippen LogP contribution in [0.3, 0.4) is 0 Å². The maximum absolute atomic E-state index is 9.84. The first-order valence-electron chi connectivity index (χ1n) is 5.10. The zero-order valence-electron chi connectivity index (χ0n) is 8.96. The molecule has 1 aromatic carbocycles. The summed E-state index contributed by atoms with van der Waals surface area (Å²) in [6.45, 7) is 6.54. The van der Waals surface area contributed by atoms with Gasteiger partial charge in [0.25, 0.3) is 0 Å². The fourth-order valence-corrected chi connectivity index (χ4v) is 2.56. The first-order valence-corrected chi connectivity index (χ1v) is 5.10. The predicted molar refractivity (Wildman–Crippen MR) is 58.8 cm³/mol. The molecule has 0 saturated heterocycles. The minimum Gasteiger partial charge on any atom is -0.508 e. The lowest BCUT2D eigenvalue weighted by molar-refractivity contribution is 0.396. The Morgan fingerprint density at radius 3 is 2.86 bits per heavy atom. The van der Waals surface area contributed by atoms with E-state index in [9.17, 15) is 5.11 Å². The summed E-state index contributed by atoms with van der Waals surface area (Å²) in [5.74, 6) is 0.409. The van der Waals surface area contributed by atoms with Gasteiger partial charge in [-0.05, 0) is 30.9 Å². The summed E-state index contributed by atoms with van der Waals surface area (Å²) < 4.78 is 0. The van der Waals surface area contributed by atoms with Gasteiger partial charge in [-0.3, -0.25) is 0 Å². The minimum atomic E-state index is 0.0609. The number of hydrogen-bond acceptors (Lipinski definition) is 2. The third-order valence-electron chi connectivity index (χ3n) is 2.94. The first-order chi connectivity index (χ1) is 6.50. The molecule has 2 heteroatoms. The molecule has 0 bridgehead atoms. The Kier molecular flexibility index (Phi) is 1.95. The van der Waals surface area contributed by atoms with E-state index < -0.39 is 0 Å². The number of aromatic hydroxyl groups is 1. The highest BCUT2D eigenvalue weighted by atomic mass is 16.3. The van der Waals surface area contributed by atoms with Gasteiger partial charge >= 0.3 is 0 Å². The monoisotopic (exact) mass is 191 g/mol. The number of phenolic OH excluding ortho intramolecular Hbond substituents is 1. The Morgan fingerprint density at radius 1 is 1.43 bits per heavy atom. The van der Waals surface area contributed by atoms with Crippen molar-refractivity contribution < 1.29 is 5.11 Å². The van der Waals surface area contributed by atoms with E-state index in [1.165, 1.54) is 0 Å². The van der Waals surface area contributed by atoms with Crippen molar-refractivity contribution in [1.29, 1.82) is 0 Å². The van der Waals surface area contributed by atoms with Crippen molar-refractivity contribution in [2.75, 3.05) is 5.32 Å². The molecule has 0 aromatic heterocycles. The van der Waals surface area contributed by atoms with Gasteiger partial charge in [-0.2, -0.15) is 0 Å². The van der Waals surface area contributed by atoms with Crippen molar-refractivity contribution in [2.24, 2.45) is 0 Å². The molecule has 1 atom stereocenters. The number of hydrogen-bond donors (Lipinski definition) is 2. The van der Waals surface area contributed by atoms with Gasteiger partial charge in [0.1, 0.15) is 5.75 Å². The molecule has 0 saturated carbocycles. The zero-order chi connectivity index (χ0) is 10.3. The van der Waals surface area contributed by atoms with Crippen LogP contribution in [0.25, 0.3) is 0 Å². The number of nitrogens with one attached hydrogen (secondary N) is 1. The van der Waals surface area contributed by atoms with Crippen molar-refractivity contribution in [3.63, 3.8) is 0 Å². The highest BCUT2D eigenvalue weighted by molar-refractivity contribution is 5.62. The largest absolute Gasteiger partial charge is 0.508 e. The second-order valence-corrected chi connectivity index (χ2v) is 4.83. The van der Waals surface area contributed by atoms with Crippen molar-refractivity contribution in [3.05, 3.63) is 23.8 Å². The van der Waals surface area contributed by atoms with Crippen LogP contribution in [-0.4, -0.2) is 11.1 Å². The van der Waals surface area contributed by atoms with Crippen LogP contribution in [0, 0.1) is 0 Å². The predicted octanol–water partition coefficient (Wildman–Crippen LogP) is 2.87. The summed E-state index contributed by atoms with van der Waals surface area (Å²) in [4.78, 5) is 0. The minimum absolute atomic E-state index is 0.0609. The van der Waals surface area contributed by atoms with Crippen molar-refractivity contribution in [2.45, 2.75) is 38.6 Å². The molecule has 2 N–H and O–H groups in total. The smallest absolute Gasteiger partial charge is 0.121 e.